The number of hydrogen-bond donors (Lipinski definition) is 0. The van der Waals surface area contributed by atoms with E-state index in [0.29, 0.717) is 34.7 Å². The highest BCUT2D eigenvalue weighted by Gasteiger charge is 2.19. The fourth-order valence-corrected chi connectivity index (χ4v) is 4.39. The van der Waals surface area contributed by atoms with Crippen LogP contribution in [0.25, 0.3) is 16.3 Å². The average molecular weight is 434 g/mol. The van der Waals surface area contributed by atoms with Crippen molar-refractivity contribution in [3.63, 3.8) is 0 Å². The van der Waals surface area contributed by atoms with Gasteiger partial charge in [0.25, 0.3) is 0 Å². The molecule has 0 unspecified atom stereocenters. The van der Waals surface area contributed by atoms with Crippen molar-refractivity contribution in [1.82, 2.24) is 19.7 Å². The van der Waals surface area contributed by atoms with E-state index < -0.39 is 0 Å². The molecule has 4 aromatic rings. The number of nitrogens with zero attached hydrogens (tertiary/aromatic N) is 5. The van der Waals surface area contributed by atoms with Crippen LogP contribution in [0.2, 0.25) is 5.15 Å². The Kier molecular flexibility index (Phi) is 5.98. The lowest BCUT2D eigenvalue weighted by molar-refractivity contribution is 0.0984. The summed E-state index contributed by atoms with van der Waals surface area (Å²) in [5.74, 6) is -0.0584. The maximum absolute atomic E-state index is 12.7. The Bertz CT molecular complexity index is 1210. The maximum Gasteiger partial charge on any atom is 0.176 e. The fourth-order valence-electron chi connectivity index (χ4n) is 3.12. The van der Waals surface area contributed by atoms with Gasteiger partial charge in [-0.05, 0) is 37.1 Å². The van der Waals surface area contributed by atoms with E-state index in [9.17, 15) is 10.1 Å². The molecular formula is C22H16ClN5OS. The molecule has 0 aliphatic rings. The molecule has 0 atom stereocenters. The van der Waals surface area contributed by atoms with Crippen molar-refractivity contribution in [2.24, 2.45) is 0 Å². The maximum atomic E-state index is 12.7. The number of Topliss-reactive ketones (excluding diaryl/α,β-unsaturated/α-hetero) is 1. The number of benzene rings is 1. The second-order valence-electron chi connectivity index (χ2n) is 6.52. The van der Waals surface area contributed by atoms with Crippen LogP contribution in [0.3, 0.4) is 0 Å². The highest BCUT2D eigenvalue weighted by atomic mass is 35.5. The Balaban J connectivity index is 1.47. The molecule has 0 radical (unpaired) electrons. The molecule has 0 fully saturated rings. The first-order chi connectivity index (χ1) is 14.7. The molecule has 1 aromatic carbocycles. The fraction of sp³-hybridized carbons (Fsp3) is 0.136. The van der Waals surface area contributed by atoms with E-state index in [4.69, 9.17) is 11.6 Å². The Morgan fingerprint density at radius 1 is 1.17 bits per heavy atom. The topological polar surface area (TPSA) is 84.5 Å². The number of carbonyl (C=O) groups is 1. The second kappa shape index (κ2) is 8.99. The van der Waals surface area contributed by atoms with Crippen molar-refractivity contribution < 1.29 is 4.79 Å². The monoisotopic (exact) mass is 433 g/mol. The minimum absolute atomic E-state index is 0.0584. The summed E-state index contributed by atoms with van der Waals surface area (Å²) in [5.41, 5.74) is 3.02. The lowest BCUT2D eigenvalue weighted by Crippen LogP contribution is -2.05. The van der Waals surface area contributed by atoms with E-state index in [1.807, 2.05) is 42.5 Å². The lowest BCUT2D eigenvalue weighted by Gasteiger charge is -2.07. The molecule has 30 heavy (non-hydrogen) atoms. The first-order valence-electron chi connectivity index (χ1n) is 9.29. The molecule has 4 rings (SSSR count). The summed E-state index contributed by atoms with van der Waals surface area (Å²) in [7, 11) is 0. The van der Waals surface area contributed by atoms with Gasteiger partial charge in [-0.25, -0.2) is 9.67 Å². The largest absolute Gasteiger partial charge is 0.293 e. The number of thiazole rings is 1. The van der Waals surface area contributed by atoms with Crippen molar-refractivity contribution >= 4 is 28.7 Å². The average Bonchev–Trinajstić information content (AvgIpc) is 3.38. The summed E-state index contributed by atoms with van der Waals surface area (Å²) in [6, 6.07) is 15.5. The molecule has 3 aromatic heterocycles. The molecule has 6 nitrogen and oxygen atoms in total. The Morgan fingerprint density at radius 2 is 2.00 bits per heavy atom. The van der Waals surface area contributed by atoms with Crippen LogP contribution in [-0.2, 0) is 6.42 Å². The summed E-state index contributed by atoms with van der Waals surface area (Å²) in [6.07, 6.45) is 6.36. The normalized spacial score (nSPS) is 10.7. The highest BCUT2D eigenvalue weighted by Crippen LogP contribution is 2.31. The van der Waals surface area contributed by atoms with E-state index in [-0.39, 0.29) is 10.9 Å². The third kappa shape index (κ3) is 4.15. The minimum Gasteiger partial charge on any atom is -0.293 e. The number of aromatic nitrogens is 4. The number of hydrogen-bond acceptors (Lipinski definition) is 6. The molecule has 0 aliphatic carbocycles. The van der Waals surface area contributed by atoms with Crippen LogP contribution in [0.4, 0.5) is 0 Å². The van der Waals surface area contributed by atoms with Gasteiger partial charge in [-0.2, -0.15) is 10.4 Å². The molecule has 0 spiro atoms. The quantitative estimate of drug-likeness (QED) is 0.377. The summed E-state index contributed by atoms with van der Waals surface area (Å²) < 4.78 is 1.75. The van der Waals surface area contributed by atoms with Crippen LogP contribution in [-0.4, -0.2) is 25.5 Å². The van der Waals surface area contributed by atoms with Gasteiger partial charge in [-0.15, -0.1) is 11.3 Å². The zero-order valence-corrected chi connectivity index (χ0v) is 17.4. The number of para-hydroxylation sites is 1. The van der Waals surface area contributed by atoms with Gasteiger partial charge in [-0.1, -0.05) is 29.8 Å². The number of carbonyl (C=O) groups excluding carboxylic acids is 1. The zero-order chi connectivity index (χ0) is 20.9. The van der Waals surface area contributed by atoms with Gasteiger partial charge in [0.2, 0.25) is 0 Å². The summed E-state index contributed by atoms with van der Waals surface area (Å²) in [6.45, 7) is 0. The molecule has 0 N–H and O–H groups in total. The molecule has 0 amide bonds. The van der Waals surface area contributed by atoms with Gasteiger partial charge in [0.1, 0.15) is 16.0 Å². The molecule has 0 aliphatic heterocycles. The summed E-state index contributed by atoms with van der Waals surface area (Å²) in [4.78, 5) is 21.6. The molecule has 0 bridgehead atoms. The van der Waals surface area contributed by atoms with E-state index >= 15 is 0 Å². The molecule has 0 saturated heterocycles. The first-order valence-corrected chi connectivity index (χ1v) is 10.5. The van der Waals surface area contributed by atoms with Crippen LogP contribution in [0, 0.1) is 11.3 Å². The smallest absolute Gasteiger partial charge is 0.176 e. The predicted octanol–water partition coefficient (Wildman–Crippen LogP) is 5.12. The Labute approximate surface area is 182 Å². The van der Waals surface area contributed by atoms with Crippen molar-refractivity contribution in [1.29, 1.82) is 5.26 Å². The third-order valence-electron chi connectivity index (χ3n) is 4.56. The van der Waals surface area contributed by atoms with Crippen molar-refractivity contribution in [3.8, 4) is 22.3 Å². The van der Waals surface area contributed by atoms with Gasteiger partial charge in [0, 0.05) is 24.4 Å². The van der Waals surface area contributed by atoms with Gasteiger partial charge in [0.15, 0.2) is 10.9 Å². The van der Waals surface area contributed by atoms with E-state index in [1.165, 1.54) is 11.3 Å². The lowest BCUT2D eigenvalue weighted by atomic mass is 10.1. The summed E-state index contributed by atoms with van der Waals surface area (Å²) >= 11 is 7.50. The Hall–Kier alpha value is -3.34. The highest BCUT2D eigenvalue weighted by molar-refractivity contribution is 7.17. The van der Waals surface area contributed by atoms with Crippen LogP contribution in [0.5, 0.6) is 0 Å². The number of rotatable bonds is 7. The van der Waals surface area contributed by atoms with Gasteiger partial charge in [-0.3, -0.25) is 9.78 Å². The van der Waals surface area contributed by atoms with Gasteiger partial charge >= 0.3 is 0 Å². The van der Waals surface area contributed by atoms with Crippen LogP contribution < -0.4 is 0 Å². The predicted molar refractivity (Wildman–Crippen MR) is 116 cm³/mol. The van der Waals surface area contributed by atoms with Crippen molar-refractivity contribution in [2.45, 2.75) is 19.3 Å². The van der Waals surface area contributed by atoms with Gasteiger partial charge < -0.3 is 0 Å². The molecule has 0 saturated carbocycles. The van der Waals surface area contributed by atoms with Crippen LogP contribution in [0.15, 0.2) is 61.1 Å². The third-order valence-corrected chi connectivity index (χ3v) is 6.09. The van der Waals surface area contributed by atoms with Crippen molar-refractivity contribution in [3.05, 3.63) is 82.3 Å². The molecule has 8 heteroatoms. The van der Waals surface area contributed by atoms with Crippen molar-refractivity contribution in [2.75, 3.05) is 0 Å². The number of halogens is 1. The van der Waals surface area contributed by atoms with E-state index in [0.717, 1.165) is 16.9 Å². The van der Waals surface area contributed by atoms with E-state index in [2.05, 4.69) is 21.1 Å². The Morgan fingerprint density at radius 3 is 2.73 bits per heavy atom. The zero-order valence-electron chi connectivity index (χ0n) is 15.8. The first kappa shape index (κ1) is 20.0. The summed E-state index contributed by atoms with van der Waals surface area (Å²) in [5, 5.41) is 14.6. The molecule has 148 valence electrons. The number of pyridine rings is 1. The minimum atomic E-state index is -0.0584. The number of nitriles is 1. The van der Waals surface area contributed by atoms with Crippen LogP contribution in [0.1, 0.15) is 33.8 Å². The van der Waals surface area contributed by atoms with Crippen LogP contribution >= 0.6 is 22.9 Å². The van der Waals surface area contributed by atoms with Gasteiger partial charge in [0.05, 0.1) is 23.1 Å². The second-order valence-corrected chi connectivity index (χ2v) is 7.88. The molecule has 3 heterocycles. The molecular weight excluding hydrogens is 418 g/mol. The van der Waals surface area contributed by atoms with E-state index in [1.54, 1.807) is 23.3 Å². The standard InChI is InChI=1S/C22H16ClN5OS/c23-21-20(30-22(27-21)15-6-5-11-25-13-15)19(29)10-4-9-18-16(12-24)14-26-28(18)17-7-2-1-3-8-17/h1-3,5-8,11,13-14H,4,9-10H2. The number of ketones is 1. The SMILES string of the molecule is N#Cc1cnn(-c2ccccc2)c1CCCC(=O)c1sc(-c2cccnc2)nc1Cl.